The molecule has 0 radical (unpaired) electrons. The summed E-state index contributed by atoms with van der Waals surface area (Å²) in [6.45, 7) is 8.43. The van der Waals surface area contributed by atoms with Crippen LogP contribution in [0, 0.1) is 5.41 Å². The van der Waals surface area contributed by atoms with Gasteiger partial charge in [-0.25, -0.2) is 0 Å². The SMILES string of the molecule is CCN1CCOC[C@@]2(CCCN(C(=O)c3ccoc3)C2)C1. The molecule has 2 fully saturated rings. The van der Waals surface area contributed by atoms with E-state index in [2.05, 4.69) is 11.8 Å². The summed E-state index contributed by atoms with van der Waals surface area (Å²) in [5, 5.41) is 0. The highest BCUT2D eigenvalue weighted by Crippen LogP contribution is 2.33. The molecule has 3 rings (SSSR count). The molecule has 5 heteroatoms. The summed E-state index contributed by atoms with van der Waals surface area (Å²) in [5.41, 5.74) is 0.735. The Morgan fingerprint density at radius 3 is 3.05 bits per heavy atom. The highest BCUT2D eigenvalue weighted by atomic mass is 16.5. The molecule has 116 valence electrons. The lowest BCUT2D eigenvalue weighted by Crippen LogP contribution is -2.52. The normalized spacial score (nSPS) is 27.8. The van der Waals surface area contributed by atoms with Gasteiger partial charge in [-0.05, 0) is 25.5 Å². The average molecular weight is 292 g/mol. The number of carbonyl (C=O) groups excluding carboxylic acids is 1. The summed E-state index contributed by atoms with van der Waals surface area (Å²) >= 11 is 0. The van der Waals surface area contributed by atoms with Crippen molar-refractivity contribution in [2.75, 3.05) is 45.9 Å². The van der Waals surface area contributed by atoms with Crippen LogP contribution in [0.2, 0.25) is 0 Å². The maximum Gasteiger partial charge on any atom is 0.257 e. The molecule has 2 aliphatic heterocycles. The molecule has 3 heterocycles. The number of furan rings is 1. The van der Waals surface area contributed by atoms with Gasteiger partial charge in [-0.3, -0.25) is 4.79 Å². The van der Waals surface area contributed by atoms with Crippen LogP contribution in [-0.4, -0.2) is 61.6 Å². The van der Waals surface area contributed by atoms with Crippen LogP contribution in [0.4, 0.5) is 0 Å². The van der Waals surface area contributed by atoms with Crippen LogP contribution in [0.5, 0.6) is 0 Å². The highest BCUT2D eigenvalue weighted by molar-refractivity contribution is 5.93. The molecule has 1 spiro atoms. The fraction of sp³-hybridized carbons (Fsp3) is 0.688. The second-order valence-corrected chi connectivity index (χ2v) is 6.26. The van der Waals surface area contributed by atoms with Gasteiger partial charge < -0.3 is 19.0 Å². The fourth-order valence-electron chi connectivity index (χ4n) is 3.55. The van der Waals surface area contributed by atoms with E-state index in [1.807, 2.05) is 4.90 Å². The van der Waals surface area contributed by atoms with Gasteiger partial charge >= 0.3 is 0 Å². The second-order valence-electron chi connectivity index (χ2n) is 6.26. The number of piperidine rings is 1. The Balaban J connectivity index is 1.73. The van der Waals surface area contributed by atoms with E-state index >= 15 is 0 Å². The quantitative estimate of drug-likeness (QED) is 0.834. The van der Waals surface area contributed by atoms with Crippen molar-refractivity contribution in [2.45, 2.75) is 19.8 Å². The molecule has 2 saturated heterocycles. The minimum atomic E-state index is 0.0788. The number of hydrogen-bond acceptors (Lipinski definition) is 4. The second kappa shape index (κ2) is 6.20. The zero-order valence-corrected chi connectivity index (χ0v) is 12.7. The van der Waals surface area contributed by atoms with E-state index in [1.54, 1.807) is 12.3 Å². The van der Waals surface area contributed by atoms with Gasteiger partial charge in [-0.1, -0.05) is 6.92 Å². The molecule has 1 aromatic heterocycles. The predicted molar refractivity (Wildman–Crippen MR) is 79.2 cm³/mol. The molecule has 1 atom stereocenters. The average Bonchev–Trinajstić information content (AvgIpc) is 2.97. The van der Waals surface area contributed by atoms with Crippen LogP contribution in [0.15, 0.2) is 23.0 Å². The van der Waals surface area contributed by atoms with Crippen LogP contribution in [0.1, 0.15) is 30.1 Å². The number of likely N-dealkylation sites (tertiary alicyclic amines) is 1. The number of likely N-dealkylation sites (N-methyl/N-ethyl adjacent to an activating group) is 1. The van der Waals surface area contributed by atoms with Crippen molar-refractivity contribution in [2.24, 2.45) is 5.41 Å². The minimum absolute atomic E-state index is 0.0788. The standard InChI is InChI=1S/C16H24N2O3/c1-2-17-7-9-21-13-16(11-17)5-3-6-18(12-16)15(19)14-4-8-20-10-14/h4,8,10H,2-3,5-7,9,11-13H2,1H3/t16-/m0/s1. The Hall–Kier alpha value is -1.33. The Morgan fingerprint density at radius 1 is 1.38 bits per heavy atom. The van der Waals surface area contributed by atoms with Gasteiger partial charge in [0, 0.05) is 31.6 Å². The third-order valence-electron chi connectivity index (χ3n) is 4.68. The van der Waals surface area contributed by atoms with Crippen LogP contribution in [-0.2, 0) is 4.74 Å². The fourth-order valence-corrected chi connectivity index (χ4v) is 3.55. The summed E-state index contributed by atoms with van der Waals surface area (Å²) in [7, 11) is 0. The number of amides is 1. The van der Waals surface area contributed by atoms with Crippen LogP contribution in [0.3, 0.4) is 0 Å². The van der Waals surface area contributed by atoms with E-state index in [9.17, 15) is 4.79 Å². The largest absolute Gasteiger partial charge is 0.472 e. The van der Waals surface area contributed by atoms with Gasteiger partial charge in [0.15, 0.2) is 0 Å². The van der Waals surface area contributed by atoms with Crippen molar-refractivity contribution in [1.82, 2.24) is 9.80 Å². The molecule has 0 bridgehead atoms. The molecule has 2 aliphatic rings. The summed E-state index contributed by atoms with van der Waals surface area (Å²) in [6, 6.07) is 1.74. The molecule has 0 N–H and O–H groups in total. The lowest BCUT2D eigenvalue weighted by atomic mass is 9.80. The third kappa shape index (κ3) is 3.14. The van der Waals surface area contributed by atoms with Gasteiger partial charge in [-0.2, -0.15) is 0 Å². The van der Waals surface area contributed by atoms with E-state index in [-0.39, 0.29) is 11.3 Å². The summed E-state index contributed by atoms with van der Waals surface area (Å²) < 4.78 is 10.9. The highest BCUT2D eigenvalue weighted by Gasteiger charge is 2.40. The van der Waals surface area contributed by atoms with Crippen molar-refractivity contribution in [3.05, 3.63) is 24.2 Å². The van der Waals surface area contributed by atoms with Gasteiger partial charge in [0.25, 0.3) is 5.91 Å². The summed E-state index contributed by atoms with van der Waals surface area (Å²) in [6.07, 6.45) is 5.27. The van der Waals surface area contributed by atoms with Crippen LogP contribution in [0.25, 0.3) is 0 Å². The Kier molecular flexibility index (Phi) is 4.31. The first kappa shape index (κ1) is 14.6. The van der Waals surface area contributed by atoms with Crippen LogP contribution < -0.4 is 0 Å². The smallest absolute Gasteiger partial charge is 0.257 e. The molecule has 0 aliphatic carbocycles. The topological polar surface area (TPSA) is 45.9 Å². The number of hydrogen-bond donors (Lipinski definition) is 0. The van der Waals surface area contributed by atoms with E-state index in [4.69, 9.17) is 9.15 Å². The lowest BCUT2D eigenvalue weighted by Gasteiger charge is -2.43. The minimum Gasteiger partial charge on any atom is -0.472 e. The van der Waals surface area contributed by atoms with E-state index in [0.717, 1.165) is 58.8 Å². The first-order valence-electron chi connectivity index (χ1n) is 7.84. The van der Waals surface area contributed by atoms with E-state index in [1.165, 1.54) is 6.26 Å². The molecule has 21 heavy (non-hydrogen) atoms. The van der Waals surface area contributed by atoms with Crippen molar-refractivity contribution in [3.63, 3.8) is 0 Å². The summed E-state index contributed by atoms with van der Waals surface area (Å²) in [4.78, 5) is 16.9. The first-order chi connectivity index (χ1) is 10.2. The van der Waals surface area contributed by atoms with E-state index < -0.39 is 0 Å². The molecule has 0 unspecified atom stereocenters. The van der Waals surface area contributed by atoms with E-state index in [0.29, 0.717) is 5.56 Å². The van der Waals surface area contributed by atoms with Crippen molar-refractivity contribution in [1.29, 1.82) is 0 Å². The molecular weight excluding hydrogens is 268 g/mol. The Morgan fingerprint density at radius 2 is 2.29 bits per heavy atom. The maximum atomic E-state index is 12.5. The van der Waals surface area contributed by atoms with Crippen molar-refractivity contribution < 1.29 is 13.9 Å². The molecule has 1 aromatic rings. The van der Waals surface area contributed by atoms with Crippen molar-refractivity contribution >= 4 is 5.91 Å². The number of ether oxygens (including phenoxy) is 1. The van der Waals surface area contributed by atoms with Gasteiger partial charge in [0.05, 0.1) is 25.0 Å². The van der Waals surface area contributed by atoms with Gasteiger partial charge in [0.1, 0.15) is 6.26 Å². The number of nitrogens with zero attached hydrogens (tertiary/aromatic N) is 2. The van der Waals surface area contributed by atoms with Crippen LogP contribution >= 0.6 is 0 Å². The first-order valence-corrected chi connectivity index (χ1v) is 7.84. The number of rotatable bonds is 2. The van der Waals surface area contributed by atoms with Gasteiger partial charge in [0.2, 0.25) is 0 Å². The predicted octanol–water partition coefficient (Wildman–Crippen LogP) is 1.85. The zero-order valence-electron chi connectivity index (χ0n) is 12.7. The number of carbonyl (C=O) groups is 1. The molecular formula is C16H24N2O3. The third-order valence-corrected chi connectivity index (χ3v) is 4.68. The lowest BCUT2D eigenvalue weighted by molar-refractivity contribution is 0.00764. The van der Waals surface area contributed by atoms with Gasteiger partial charge in [-0.15, -0.1) is 0 Å². The summed E-state index contributed by atoms with van der Waals surface area (Å²) in [5.74, 6) is 0.0788. The Bertz CT molecular complexity index is 474. The maximum absolute atomic E-state index is 12.5. The van der Waals surface area contributed by atoms with Crippen molar-refractivity contribution in [3.8, 4) is 0 Å². The monoisotopic (exact) mass is 292 g/mol. The molecule has 0 aromatic carbocycles. The zero-order chi connectivity index (χ0) is 14.7. The molecule has 1 amide bonds. The Labute approximate surface area is 125 Å². The molecule has 5 nitrogen and oxygen atoms in total. The molecule has 0 saturated carbocycles.